The molecule has 0 aliphatic carbocycles. The summed E-state index contributed by atoms with van der Waals surface area (Å²) in [6.07, 6.45) is 2.82. The zero-order valence-corrected chi connectivity index (χ0v) is 18.9. The average Bonchev–Trinajstić information content (AvgIpc) is 2.69. The van der Waals surface area contributed by atoms with E-state index in [1.54, 1.807) is 12.1 Å². The Balaban J connectivity index is 2.65. The summed E-state index contributed by atoms with van der Waals surface area (Å²) in [4.78, 5) is 3.98. The molecule has 0 aromatic heterocycles. The second-order valence-corrected chi connectivity index (χ2v) is 7.44. The minimum Gasteiger partial charge on any atom is -0.507 e. The standard InChI is InChI=1S/C24H32N2O2S/c1-7-18-14-20(24(28)13-16(18)5)21(8-2)26(17(6)29)19-11-12-23(27)22(15-19)25(9-3)10-4/h8,11-15,27-29H,6-7,9-10H2,1-5H3/b21-8-. The molecule has 0 unspecified atom stereocenters. The number of phenolic OH excluding ortho intramolecular Hbond substituents is 2. The molecule has 156 valence electrons. The number of hydrogen-bond donors (Lipinski definition) is 3. The fourth-order valence-corrected chi connectivity index (χ4v) is 3.85. The van der Waals surface area contributed by atoms with Gasteiger partial charge in [-0.15, -0.1) is 12.6 Å². The molecule has 2 aromatic rings. The fourth-order valence-electron chi connectivity index (χ4n) is 3.62. The Hall–Kier alpha value is -2.53. The minimum atomic E-state index is 0.218. The third kappa shape index (κ3) is 4.73. The number of thiol groups is 1. The van der Waals surface area contributed by atoms with Gasteiger partial charge < -0.3 is 20.0 Å². The maximum atomic E-state index is 10.7. The highest BCUT2D eigenvalue weighted by Crippen LogP contribution is 2.39. The van der Waals surface area contributed by atoms with Gasteiger partial charge >= 0.3 is 0 Å². The summed E-state index contributed by atoms with van der Waals surface area (Å²) in [5.41, 5.74) is 5.32. The highest BCUT2D eigenvalue weighted by Gasteiger charge is 2.21. The van der Waals surface area contributed by atoms with Crippen LogP contribution in [0.1, 0.15) is 44.4 Å². The van der Waals surface area contributed by atoms with E-state index < -0.39 is 0 Å². The molecule has 0 saturated heterocycles. The molecule has 29 heavy (non-hydrogen) atoms. The van der Waals surface area contributed by atoms with Crippen molar-refractivity contribution in [2.24, 2.45) is 0 Å². The first-order valence-corrected chi connectivity index (χ1v) is 10.5. The van der Waals surface area contributed by atoms with Crippen molar-refractivity contribution in [3.05, 3.63) is 64.7 Å². The molecule has 0 radical (unpaired) electrons. The summed E-state index contributed by atoms with van der Waals surface area (Å²) in [6.45, 7) is 15.7. The Bertz CT molecular complexity index is 917. The number of benzene rings is 2. The van der Waals surface area contributed by atoms with Gasteiger partial charge in [-0.3, -0.25) is 0 Å². The van der Waals surface area contributed by atoms with Crippen LogP contribution in [0.4, 0.5) is 11.4 Å². The number of anilines is 2. The van der Waals surface area contributed by atoms with Gasteiger partial charge in [0.15, 0.2) is 0 Å². The quantitative estimate of drug-likeness (QED) is 0.460. The van der Waals surface area contributed by atoms with Crippen LogP contribution in [0, 0.1) is 6.92 Å². The lowest BCUT2D eigenvalue weighted by atomic mass is 9.99. The first-order valence-electron chi connectivity index (χ1n) is 10.0. The van der Waals surface area contributed by atoms with E-state index in [9.17, 15) is 10.2 Å². The van der Waals surface area contributed by atoms with Crippen LogP contribution in [-0.4, -0.2) is 23.3 Å². The van der Waals surface area contributed by atoms with Crippen molar-refractivity contribution in [1.82, 2.24) is 0 Å². The lowest BCUT2D eigenvalue weighted by Crippen LogP contribution is -2.23. The predicted molar refractivity (Wildman–Crippen MR) is 128 cm³/mol. The van der Waals surface area contributed by atoms with Crippen molar-refractivity contribution in [2.45, 2.75) is 41.0 Å². The second kappa shape index (κ2) is 9.79. The van der Waals surface area contributed by atoms with E-state index in [1.165, 1.54) is 5.56 Å². The van der Waals surface area contributed by atoms with E-state index >= 15 is 0 Å². The summed E-state index contributed by atoms with van der Waals surface area (Å²) in [5.74, 6) is 0.450. The highest BCUT2D eigenvalue weighted by molar-refractivity contribution is 7.84. The smallest absolute Gasteiger partial charge is 0.139 e. The van der Waals surface area contributed by atoms with Gasteiger partial charge in [0.25, 0.3) is 0 Å². The van der Waals surface area contributed by atoms with E-state index in [1.807, 2.05) is 43.0 Å². The van der Waals surface area contributed by atoms with Gasteiger partial charge in [-0.05, 0) is 75.6 Å². The number of aryl methyl sites for hydroxylation is 2. The Morgan fingerprint density at radius 2 is 1.72 bits per heavy atom. The molecule has 5 heteroatoms. The van der Waals surface area contributed by atoms with Crippen LogP contribution in [0.25, 0.3) is 5.70 Å². The average molecular weight is 413 g/mol. The van der Waals surface area contributed by atoms with E-state index in [0.717, 1.165) is 47.7 Å². The van der Waals surface area contributed by atoms with Crippen LogP contribution in [0.5, 0.6) is 11.5 Å². The molecule has 4 nitrogen and oxygen atoms in total. The maximum absolute atomic E-state index is 10.7. The van der Waals surface area contributed by atoms with Crippen LogP contribution in [-0.2, 0) is 6.42 Å². The molecular weight excluding hydrogens is 380 g/mol. The molecule has 0 heterocycles. The molecule has 2 rings (SSSR count). The highest BCUT2D eigenvalue weighted by atomic mass is 32.1. The zero-order valence-electron chi connectivity index (χ0n) is 18.0. The normalized spacial score (nSPS) is 11.4. The summed E-state index contributed by atoms with van der Waals surface area (Å²) in [6, 6.07) is 9.27. The number of allylic oxidation sites excluding steroid dienone is 1. The number of phenols is 2. The topological polar surface area (TPSA) is 46.9 Å². The van der Waals surface area contributed by atoms with Crippen molar-refractivity contribution < 1.29 is 10.2 Å². The van der Waals surface area contributed by atoms with Crippen LogP contribution in [0.2, 0.25) is 0 Å². The molecule has 2 aromatic carbocycles. The Labute approximate surface area is 180 Å². The van der Waals surface area contributed by atoms with Crippen molar-refractivity contribution in [3.63, 3.8) is 0 Å². The summed E-state index contributed by atoms with van der Waals surface area (Å²) < 4.78 is 0. The summed E-state index contributed by atoms with van der Waals surface area (Å²) in [7, 11) is 0. The van der Waals surface area contributed by atoms with Gasteiger partial charge in [-0.2, -0.15) is 0 Å². The first-order chi connectivity index (χ1) is 13.8. The molecule has 0 bridgehead atoms. The van der Waals surface area contributed by atoms with E-state index in [-0.39, 0.29) is 11.5 Å². The van der Waals surface area contributed by atoms with Gasteiger partial charge in [0.05, 0.1) is 16.4 Å². The third-order valence-corrected chi connectivity index (χ3v) is 5.40. The number of rotatable bonds is 8. The van der Waals surface area contributed by atoms with Crippen molar-refractivity contribution in [1.29, 1.82) is 0 Å². The first kappa shape index (κ1) is 22.8. The molecule has 0 aliphatic rings. The monoisotopic (exact) mass is 412 g/mol. The van der Waals surface area contributed by atoms with Crippen LogP contribution >= 0.6 is 12.6 Å². The van der Waals surface area contributed by atoms with Crippen molar-refractivity contribution in [2.75, 3.05) is 22.9 Å². The van der Waals surface area contributed by atoms with Crippen molar-refractivity contribution >= 4 is 29.7 Å². The maximum Gasteiger partial charge on any atom is 0.139 e. The molecule has 0 spiro atoms. The Morgan fingerprint density at radius 3 is 2.24 bits per heavy atom. The van der Waals surface area contributed by atoms with Crippen LogP contribution < -0.4 is 9.80 Å². The van der Waals surface area contributed by atoms with E-state index in [2.05, 4.69) is 44.9 Å². The molecule has 0 fully saturated rings. The van der Waals surface area contributed by atoms with Gasteiger partial charge in [0.1, 0.15) is 11.5 Å². The fraction of sp³-hybridized carbons (Fsp3) is 0.333. The second-order valence-electron chi connectivity index (χ2n) is 6.92. The molecule has 0 atom stereocenters. The van der Waals surface area contributed by atoms with E-state index in [0.29, 0.717) is 5.03 Å². The lowest BCUT2D eigenvalue weighted by molar-refractivity contribution is 0.472. The molecule has 0 aliphatic heterocycles. The Kier molecular flexibility index (Phi) is 7.68. The number of aromatic hydroxyl groups is 2. The van der Waals surface area contributed by atoms with Crippen LogP contribution in [0.3, 0.4) is 0 Å². The largest absolute Gasteiger partial charge is 0.507 e. The summed E-state index contributed by atoms with van der Waals surface area (Å²) in [5, 5.41) is 21.6. The third-order valence-electron chi connectivity index (χ3n) is 5.20. The minimum absolute atomic E-state index is 0.218. The number of hydrogen-bond acceptors (Lipinski definition) is 5. The van der Waals surface area contributed by atoms with Crippen LogP contribution in [0.15, 0.2) is 48.0 Å². The Morgan fingerprint density at radius 1 is 1.07 bits per heavy atom. The molecule has 0 saturated carbocycles. The molecular formula is C24H32N2O2S. The SMILES string of the molecule is C=C(S)N(/C(=C\C)c1cc(CC)c(C)cc1O)c1ccc(O)c(N(CC)CC)c1. The van der Waals surface area contributed by atoms with Gasteiger partial charge in [0.2, 0.25) is 0 Å². The predicted octanol–water partition coefficient (Wildman–Crippen LogP) is 6.08. The lowest BCUT2D eigenvalue weighted by Gasteiger charge is -2.30. The van der Waals surface area contributed by atoms with Gasteiger partial charge in [-0.1, -0.05) is 19.6 Å². The van der Waals surface area contributed by atoms with Gasteiger partial charge in [0, 0.05) is 24.3 Å². The summed E-state index contributed by atoms with van der Waals surface area (Å²) >= 11 is 4.54. The van der Waals surface area contributed by atoms with Gasteiger partial charge in [-0.25, -0.2) is 0 Å². The molecule has 0 amide bonds. The van der Waals surface area contributed by atoms with E-state index in [4.69, 9.17) is 0 Å². The van der Waals surface area contributed by atoms with Crippen molar-refractivity contribution in [3.8, 4) is 11.5 Å². The number of nitrogens with zero attached hydrogens (tertiary/aromatic N) is 2. The molecule has 2 N–H and O–H groups in total. The zero-order chi connectivity index (χ0) is 21.7.